The molecule has 7 heteroatoms. The van der Waals surface area contributed by atoms with Crippen LogP contribution in [0.25, 0.3) is 0 Å². The van der Waals surface area contributed by atoms with Gasteiger partial charge in [-0.05, 0) is 26.2 Å². The number of halogens is 1. The zero-order valence-electron chi connectivity index (χ0n) is 14.8. The molecule has 2 aliphatic heterocycles. The standard InChI is InChI=1S/C17H26N4O2.ClH/c1-10-13(14(22)20-16(18-10)17(2,3)4)15(23)21-8-7-11-5-6-12(9-21)19-11;/h11-12,19H,5-9H2,1-4H3,(H,18,20,22);1H. The molecule has 2 fully saturated rings. The van der Waals surface area contributed by atoms with Crippen LogP contribution in [0.1, 0.15) is 61.9 Å². The molecule has 2 saturated heterocycles. The fraction of sp³-hybridized carbons (Fsp3) is 0.706. The van der Waals surface area contributed by atoms with Crippen LogP contribution in [0, 0.1) is 6.92 Å². The number of aryl methyl sites for hydroxylation is 1. The summed E-state index contributed by atoms with van der Waals surface area (Å²) in [4.78, 5) is 34.4. The van der Waals surface area contributed by atoms with Gasteiger partial charge in [-0.3, -0.25) is 9.59 Å². The van der Waals surface area contributed by atoms with E-state index < -0.39 is 0 Å². The van der Waals surface area contributed by atoms with E-state index in [2.05, 4.69) is 15.3 Å². The van der Waals surface area contributed by atoms with Crippen molar-refractivity contribution in [2.75, 3.05) is 13.1 Å². The van der Waals surface area contributed by atoms with Crippen molar-refractivity contribution in [2.45, 2.75) is 64.5 Å². The Balaban J connectivity index is 0.00000208. The molecule has 3 rings (SSSR count). The van der Waals surface area contributed by atoms with Gasteiger partial charge in [0, 0.05) is 30.6 Å². The number of rotatable bonds is 1. The third-order valence-electron chi connectivity index (χ3n) is 4.84. The van der Waals surface area contributed by atoms with Crippen LogP contribution in [0.4, 0.5) is 0 Å². The lowest BCUT2D eigenvalue weighted by Gasteiger charge is -2.25. The lowest BCUT2D eigenvalue weighted by Crippen LogP contribution is -2.42. The molecule has 1 aromatic heterocycles. The van der Waals surface area contributed by atoms with Crippen molar-refractivity contribution in [2.24, 2.45) is 0 Å². The van der Waals surface area contributed by atoms with Gasteiger partial charge in [-0.2, -0.15) is 0 Å². The van der Waals surface area contributed by atoms with Crippen LogP contribution < -0.4 is 10.9 Å². The highest BCUT2D eigenvalue weighted by Gasteiger charge is 2.33. The largest absolute Gasteiger partial charge is 0.337 e. The van der Waals surface area contributed by atoms with Crippen molar-refractivity contribution >= 4 is 18.3 Å². The van der Waals surface area contributed by atoms with E-state index in [0.717, 1.165) is 12.8 Å². The zero-order valence-corrected chi connectivity index (χ0v) is 15.6. The highest BCUT2D eigenvalue weighted by atomic mass is 35.5. The summed E-state index contributed by atoms with van der Waals surface area (Å²) >= 11 is 0. The van der Waals surface area contributed by atoms with Crippen LogP contribution in [0.15, 0.2) is 4.79 Å². The van der Waals surface area contributed by atoms with E-state index in [9.17, 15) is 9.59 Å². The van der Waals surface area contributed by atoms with E-state index in [-0.39, 0.29) is 34.9 Å². The summed E-state index contributed by atoms with van der Waals surface area (Å²) in [6.45, 7) is 9.10. The predicted octanol–water partition coefficient (Wildman–Crippen LogP) is 1.76. The van der Waals surface area contributed by atoms with Crippen LogP contribution in [0.2, 0.25) is 0 Å². The molecule has 0 saturated carbocycles. The Bertz CT molecular complexity index is 680. The van der Waals surface area contributed by atoms with Gasteiger partial charge in [0.05, 0.1) is 5.69 Å². The van der Waals surface area contributed by atoms with Crippen molar-refractivity contribution in [3.8, 4) is 0 Å². The molecule has 2 aliphatic rings. The average molecular weight is 355 g/mol. The summed E-state index contributed by atoms with van der Waals surface area (Å²) in [5.41, 5.74) is 0.133. The lowest BCUT2D eigenvalue weighted by atomic mass is 9.95. The Morgan fingerprint density at radius 3 is 2.50 bits per heavy atom. The fourth-order valence-corrected chi connectivity index (χ4v) is 3.48. The molecule has 134 valence electrons. The molecule has 1 aromatic rings. The monoisotopic (exact) mass is 354 g/mol. The van der Waals surface area contributed by atoms with E-state index >= 15 is 0 Å². The first-order valence-electron chi connectivity index (χ1n) is 8.42. The topological polar surface area (TPSA) is 78.1 Å². The normalized spacial score (nSPS) is 23.6. The van der Waals surface area contributed by atoms with Crippen molar-refractivity contribution in [1.29, 1.82) is 0 Å². The number of aromatic nitrogens is 2. The van der Waals surface area contributed by atoms with Crippen molar-refractivity contribution in [3.05, 3.63) is 27.4 Å². The maximum Gasteiger partial charge on any atom is 0.264 e. The molecule has 0 aliphatic carbocycles. The van der Waals surface area contributed by atoms with Gasteiger partial charge < -0.3 is 15.2 Å². The lowest BCUT2D eigenvalue weighted by molar-refractivity contribution is 0.0744. The minimum Gasteiger partial charge on any atom is -0.337 e. The summed E-state index contributed by atoms with van der Waals surface area (Å²) in [5.74, 6) is 0.430. The van der Waals surface area contributed by atoms with Gasteiger partial charge in [-0.1, -0.05) is 20.8 Å². The number of hydrogen-bond donors (Lipinski definition) is 2. The average Bonchev–Trinajstić information content (AvgIpc) is 2.76. The van der Waals surface area contributed by atoms with Crippen LogP contribution >= 0.6 is 12.4 Å². The number of carbonyl (C=O) groups excluding carboxylic acids is 1. The van der Waals surface area contributed by atoms with E-state index in [4.69, 9.17) is 0 Å². The Kier molecular flexibility index (Phi) is 5.40. The molecule has 0 aromatic carbocycles. The third kappa shape index (κ3) is 3.64. The maximum absolute atomic E-state index is 12.9. The Labute approximate surface area is 148 Å². The Hall–Kier alpha value is -1.40. The third-order valence-corrected chi connectivity index (χ3v) is 4.84. The van der Waals surface area contributed by atoms with Gasteiger partial charge in [0.25, 0.3) is 11.5 Å². The molecule has 0 spiro atoms. The second kappa shape index (κ2) is 6.84. The van der Waals surface area contributed by atoms with Gasteiger partial charge in [-0.25, -0.2) is 4.98 Å². The number of likely N-dealkylation sites (tertiary alicyclic amines) is 1. The zero-order chi connectivity index (χ0) is 16.8. The number of carbonyl (C=O) groups is 1. The van der Waals surface area contributed by atoms with Crippen molar-refractivity contribution < 1.29 is 4.79 Å². The number of fused-ring (bicyclic) bond motifs is 2. The van der Waals surface area contributed by atoms with Crippen LogP contribution in [0.3, 0.4) is 0 Å². The first-order chi connectivity index (χ1) is 10.8. The van der Waals surface area contributed by atoms with E-state index in [1.165, 1.54) is 6.42 Å². The van der Waals surface area contributed by atoms with Crippen LogP contribution in [0.5, 0.6) is 0 Å². The van der Waals surface area contributed by atoms with Gasteiger partial charge >= 0.3 is 0 Å². The molecule has 1 amide bonds. The summed E-state index contributed by atoms with van der Waals surface area (Å²) in [7, 11) is 0. The highest BCUT2D eigenvalue weighted by molar-refractivity contribution is 5.94. The van der Waals surface area contributed by atoms with E-state index in [0.29, 0.717) is 36.7 Å². The minimum absolute atomic E-state index is 0. The van der Waals surface area contributed by atoms with Gasteiger partial charge in [0.2, 0.25) is 0 Å². The molecular formula is C17H27ClN4O2. The second-order valence-corrected chi connectivity index (χ2v) is 7.80. The highest BCUT2D eigenvalue weighted by Crippen LogP contribution is 2.22. The quantitative estimate of drug-likeness (QED) is 0.805. The molecule has 2 atom stereocenters. The van der Waals surface area contributed by atoms with Gasteiger partial charge in [0.15, 0.2) is 0 Å². The fourth-order valence-electron chi connectivity index (χ4n) is 3.48. The number of aromatic amines is 1. The number of nitrogens with one attached hydrogen (secondary N) is 2. The Morgan fingerprint density at radius 2 is 1.88 bits per heavy atom. The van der Waals surface area contributed by atoms with Crippen molar-refractivity contribution in [1.82, 2.24) is 20.2 Å². The number of hydrogen-bond acceptors (Lipinski definition) is 4. The molecule has 2 N–H and O–H groups in total. The number of H-pyrrole nitrogens is 1. The SMILES string of the molecule is Cc1nc(C(C)(C)C)[nH]c(=O)c1C(=O)N1CCC2CCC(C1)N2.Cl. The molecule has 24 heavy (non-hydrogen) atoms. The predicted molar refractivity (Wildman–Crippen MR) is 96.0 cm³/mol. The number of amides is 1. The summed E-state index contributed by atoms with van der Waals surface area (Å²) in [6, 6.07) is 0.867. The molecule has 2 unspecified atom stereocenters. The van der Waals surface area contributed by atoms with Gasteiger partial charge in [0.1, 0.15) is 11.4 Å². The summed E-state index contributed by atoms with van der Waals surface area (Å²) in [6.07, 6.45) is 3.24. The molecule has 6 nitrogen and oxygen atoms in total. The van der Waals surface area contributed by atoms with Crippen LogP contribution in [-0.2, 0) is 5.41 Å². The Morgan fingerprint density at radius 1 is 1.21 bits per heavy atom. The minimum atomic E-state index is -0.324. The first kappa shape index (κ1) is 18.9. The first-order valence-corrected chi connectivity index (χ1v) is 8.42. The molecule has 0 radical (unpaired) electrons. The van der Waals surface area contributed by atoms with Crippen molar-refractivity contribution in [3.63, 3.8) is 0 Å². The van der Waals surface area contributed by atoms with E-state index in [1.807, 2.05) is 25.7 Å². The number of nitrogens with zero attached hydrogens (tertiary/aromatic N) is 2. The summed E-state index contributed by atoms with van der Waals surface area (Å²) in [5, 5.41) is 3.55. The molecular weight excluding hydrogens is 328 g/mol. The smallest absolute Gasteiger partial charge is 0.264 e. The second-order valence-electron chi connectivity index (χ2n) is 7.80. The summed E-state index contributed by atoms with van der Waals surface area (Å²) < 4.78 is 0. The maximum atomic E-state index is 12.9. The van der Waals surface area contributed by atoms with Crippen LogP contribution in [-0.4, -0.2) is 45.9 Å². The molecule has 2 bridgehead atoms. The van der Waals surface area contributed by atoms with Gasteiger partial charge in [-0.15, -0.1) is 12.4 Å². The molecule has 3 heterocycles. The van der Waals surface area contributed by atoms with E-state index in [1.54, 1.807) is 6.92 Å².